The Morgan fingerprint density at radius 3 is 2.69 bits per heavy atom. The van der Waals surface area contributed by atoms with Gasteiger partial charge in [0.25, 0.3) is 0 Å². The van der Waals surface area contributed by atoms with Crippen LogP contribution in [0, 0.1) is 0 Å². The molecule has 170 valence electrons. The lowest BCUT2D eigenvalue weighted by Crippen LogP contribution is -2.25. The van der Waals surface area contributed by atoms with Gasteiger partial charge in [-0.2, -0.15) is 8.78 Å². The molecule has 1 N–H and O–H groups in total. The van der Waals surface area contributed by atoms with Gasteiger partial charge in [-0.1, -0.05) is 19.1 Å². The molecule has 0 amide bonds. The summed E-state index contributed by atoms with van der Waals surface area (Å²) < 4.78 is 36.6. The van der Waals surface area contributed by atoms with Crippen molar-refractivity contribution in [1.82, 2.24) is 9.97 Å². The highest BCUT2D eigenvalue weighted by atomic mass is 32.1. The van der Waals surface area contributed by atoms with Crippen LogP contribution in [0.25, 0.3) is 0 Å². The Morgan fingerprint density at radius 1 is 1.19 bits per heavy atom. The lowest BCUT2D eigenvalue weighted by molar-refractivity contribution is -0.0527. The fraction of sp³-hybridized carbons (Fsp3) is 0.417. The molecule has 0 saturated heterocycles. The van der Waals surface area contributed by atoms with Gasteiger partial charge in [0.1, 0.15) is 5.01 Å². The fourth-order valence-electron chi connectivity index (χ4n) is 3.58. The van der Waals surface area contributed by atoms with E-state index in [0.717, 1.165) is 40.3 Å². The number of benzene rings is 1. The molecule has 0 aliphatic heterocycles. The second-order valence-electron chi connectivity index (χ2n) is 8.06. The number of thiazole rings is 1. The van der Waals surface area contributed by atoms with Crippen molar-refractivity contribution in [2.45, 2.75) is 57.2 Å². The van der Waals surface area contributed by atoms with Gasteiger partial charge in [0, 0.05) is 35.3 Å². The van der Waals surface area contributed by atoms with Crippen molar-refractivity contribution >= 4 is 11.3 Å². The minimum Gasteiger partial charge on any atom is -0.487 e. The van der Waals surface area contributed by atoms with Crippen LogP contribution in [-0.2, 0) is 6.42 Å². The number of pyridine rings is 1. The molecule has 2 heterocycles. The molecule has 2 unspecified atom stereocenters. The van der Waals surface area contributed by atoms with Crippen molar-refractivity contribution in [1.29, 1.82) is 0 Å². The third kappa shape index (κ3) is 5.42. The van der Waals surface area contributed by atoms with Crippen molar-refractivity contribution < 1.29 is 23.4 Å². The van der Waals surface area contributed by atoms with Crippen LogP contribution >= 0.6 is 11.3 Å². The summed E-state index contributed by atoms with van der Waals surface area (Å²) in [5.74, 6) is 0.265. The van der Waals surface area contributed by atoms with E-state index in [0.29, 0.717) is 12.2 Å². The predicted octanol–water partition coefficient (Wildman–Crippen LogP) is 5.54. The van der Waals surface area contributed by atoms with Gasteiger partial charge >= 0.3 is 6.61 Å². The van der Waals surface area contributed by atoms with Crippen LogP contribution in [0.5, 0.6) is 11.5 Å². The topological polar surface area (TPSA) is 64.5 Å². The molecule has 1 aliphatic carbocycles. The number of rotatable bonds is 10. The quantitative estimate of drug-likeness (QED) is 0.430. The summed E-state index contributed by atoms with van der Waals surface area (Å²) in [6.45, 7) is -0.917. The number of aliphatic hydroxyl groups is 1. The van der Waals surface area contributed by atoms with Crippen LogP contribution in [0.2, 0.25) is 0 Å². The Labute approximate surface area is 190 Å². The Bertz CT molecular complexity index is 1010. The van der Waals surface area contributed by atoms with Crippen LogP contribution in [0.15, 0.2) is 48.9 Å². The maximum absolute atomic E-state index is 12.9. The zero-order valence-electron chi connectivity index (χ0n) is 17.8. The molecular formula is C24H26F2N2O3S. The highest BCUT2D eigenvalue weighted by molar-refractivity contribution is 7.11. The van der Waals surface area contributed by atoms with E-state index in [2.05, 4.69) is 9.97 Å². The molecule has 1 fully saturated rings. The normalized spacial score (nSPS) is 15.9. The number of aliphatic hydroxyl groups excluding tert-OH is 1. The van der Waals surface area contributed by atoms with E-state index in [1.807, 2.05) is 25.3 Å². The van der Waals surface area contributed by atoms with E-state index in [4.69, 9.17) is 9.47 Å². The minimum atomic E-state index is -2.92. The minimum absolute atomic E-state index is 0.000351. The number of halogens is 2. The highest BCUT2D eigenvalue weighted by Gasteiger charge is 2.25. The first-order valence-corrected chi connectivity index (χ1v) is 11.6. The van der Waals surface area contributed by atoms with Crippen molar-refractivity contribution in [2.24, 2.45) is 0 Å². The largest absolute Gasteiger partial charge is 0.487 e. The predicted molar refractivity (Wildman–Crippen MR) is 119 cm³/mol. The number of aromatic nitrogens is 2. The Kier molecular flexibility index (Phi) is 7.32. The van der Waals surface area contributed by atoms with Gasteiger partial charge in [-0.15, -0.1) is 11.3 Å². The van der Waals surface area contributed by atoms with Crippen LogP contribution in [0.3, 0.4) is 0 Å². The summed E-state index contributed by atoms with van der Waals surface area (Å²) in [6.07, 6.45) is 8.91. The SMILES string of the molecule is CC(CO)c1cnc(C(Cc2cccnc2)c2ccc(OC(F)F)c(OC3CCC3)c2)s1. The van der Waals surface area contributed by atoms with Crippen molar-refractivity contribution in [3.8, 4) is 11.5 Å². The zero-order valence-corrected chi connectivity index (χ0v) is 18.6. The molecular weight excluding hydrogens is 434 g/mol. The average Bonchev–Trinajstić information content (AvgIpc) is 3.25. The Balaban J connectivity index is 1.70. The molecule has 0 radical (unpaired) electrons. The van der Waals surface area contributed by atoms with Crippen LogP contribution in [-0.4, -0.2) is 34.4 Å². The van der Waals surface area contributed by atoms with Gasteiger partial charge in [-0.05, 0) is 55.0 Å². The molecule has 32 heavy (non-hydrogen) atoms. The maximum atomic E-state index is 12.9. The first-order valence-electron chi connectivity index (χ1n) is 10.7. The van der Waals surface area contributed by atoms with Gasteiger partial charge < -0.3 is 14.6 Å². The summed E-state index contributed by atoms with van der Waals surface area (Å²) in [5.41, 5.74) is 1.95. The molecule has 3 aromatic rings. The average molecular weight is 461 g/mol. The molecule has 1 saturated carbocycles. The lowest BCUT2D eigenvalue weighted by Gasteiger charge is -2.28. The Morgan fingerprint density at radius 2 is 2.03 bits per heavy atom. The second kappa shape index (κ2) is 10.4. The molecule has 5 nitrogen and oxygen atoms in total. The number of hydrogen-bond acceptors (Lipinski definition) is 6. The van der Waals surface area contributed by atoms with Crippen LogP contribution < -0.4 is 9.47 Å². The van der Waals surface area contributed by atoms with E-state index >= 15 is 0 Å². The number of ether oxygens (including phenoxy) is 2. The van der Waals surface area contributed by atoms with Gasteiger partial charge in [0.2, 0.25) is 0 Å². The van der Waals surface area contributed by atoms with Crippen molar-refractivity contribution in [3.63, 3.8) is 0 Å². The zero-order chi connectivity index (χ0) is 22.5. The van der Waals surface area contributed by atoms with Crippen LogP contribution in [0.1, 0.15) is 59.0 Å². The van der Waals surface area contributed by atoms with Gasteiger partial charge in [0.15, 0.2) is 11.5 Å². The number of alkyl halides is 2. The summed E-state index contributed by atoms with van der Waals surface area (Å²) in [6, 6.07) is 9.04. The maximum Gasteiger partial charge on any atom is 0.387 e. The summed E-state index contributed by atoms with van der Waals surface area (Å²) in [7, 11) is 0. The fourth-order valence-corrected chi connectivity index (χ4v) is 4.67. The molecule has 2 atom stereocenters. The molecule has 1 aliphatic rings. The molecule has 1 aromatic carbocycles. The van der Waals surface area contributed by atoms with Gasteiger partial charge in [0.05, 0.1) is 12.7 Å². The van der Waals surface area contributed by atoms with Gasteiger partial charge in [-0.3, -0.25) is 4.98 Å². The Hall–Kier alpha value is -2.58. The second-order valence-corrected chi connectivity index (χ2v) is 9.15. The summed E-state index contributed by atoms with van der Waals surface area (Å²) in [4.78, 5) is 9.86. The molecule has 8 heteroatoms. The smallest absolute Gasteiger partial charge is 0.387 e. The molecule has 4 rings (SSSR count). The lowest BCUT2D eigenvalue weighted by atomic mass is 9.92. The van der Waals surface area contributed by atoms with E-state index in [1.54, 1.807) is 41.9 Å². The van der Waals surface area contributed by atoms with Crippen LogP contribution in [0.4, 0.5) is 8.78 Å². The van der Waals surface area contributed by atoms with E-state index in [-0.39, 0.29) is 30.3 Å². The third-order valence-corrected chi connectivity index (χ3v) is 7.04. The van der Waals surface area contributed by atoms with E-state index in [1.165, 1.54) is 0 Å². The van der Waals surface area contributed by atoms with E-state index < -0.39 is 6.61 Å². The van der Waals surface area contributed by atoms with Gasteiger partial charge in [-0.25, -0.2) is 4.98 Å². The third-order valence-electron chi connectivity index (χ3n) is 5.69. The summed E-state index contributed by atoms with van der Waals surface area (Å²) >= 11 is 1.55. The summed E-state index contributed by atoms with van der Waals surface area (Å²) in [5, 5.41) is 10.4. The molecule has 0 spiro atoms. The first kappa shape index (κ1) is 22.6. The van der Waals surface area contributed by atoms with E-state index in [9.17, 15) is 13.9 Å². The number of nitrogens with zero attached hydrogens (tertiary/aromatic N) is 2. The molecule has 2 aromatic heterocycles. The monoisotopic (exact) mass is 460 g/mol. The number of hydrogen-bond donors (Lipinski definition) is 1. The van der Waals surface area contributed by atoms with Crippen molar-refractivity contribution in [2.75, 3.05) is 6.61 Å². The molecule has 0 bridgehead atoms. The highest BCUT2D eigenvalue weighted by Crippen LogP contribution is 2.39. The van der Waals surface area contributed by atoms with Crippen molar-refractivity contribution in [3.05, 3.63) is 69.9 Å². The standard InChI is InChI=1S/C24H26F2N2O3S/c1-15(14-29)22-13-28-23(32-22)19(10-16-4-3-9-27-12-16)17-7-8-20(31-24(25)26)21(11-17)30-18-5-2-6-18/h3-4,7-9,11-13,15,18-19,24,29H,2,5-6,10,14H2,1H3. The first-order chi connectivity index (χ1) is 15.5.